The summed E-state index contributed by atoms with van der Waals surface area (Å²) >= 11 is 1.24. The molecule has 2 saturated carbocycles. The van der Waals surface area contributed by atoms with Gasteiger partial charge in [0, 0.05) is 19.1 Å². The van der Waals surface area contributed by atoms with Gasteiger partial charge >= 0.3 is 0 Å². The molecule has 2 aliphatic carbocycles. The number of rotatable bonds is 4. The van der Waals surface area contributed by atoms with E-state index in [1.807, 2.05) is 0 Å². The number of nitrogens with zero attached hydrogens (tertiary/aromatic N) is 1. The summed E-state index contributed by atoms with van der Waals surface area (Å²) in [6.07, 6.45) is 6.45. The Morgan fingerprint density at radius 3 is 2.79 bits per heavy atom. The van der Waals surface area contributed by atoms with E-state index >= 15 is 0 Å². The van der Waals surface area contributed by atoms with Crippen LogP contribution in [0.15, 0.2) is 21.7 Å². The van der Waals surface area contributed by atoms with Crippen LogP contribution in [0.2, 0.25) is 0 Å². The van der Waals surface area contributed by atoms with Crippen LogP contribution in [0.5, 0.6) is 0 Å². The lowest BCUT2D eigenvalue weighted by molar-refractivity contribution is -0.127. The molecule has 4 rings (SSSR count). The van der Waals surface area contributed by atoms with Crippen molar-refractivity contribution in [2.45, 2.75) is 48.8 Å². The molecule has 1 amide bonds. The third-order valence-electron chi connectivity index (χ3n) is 5.91. The van der Waals surface area contributed by atoms with Crippen LogP contribution in [0, 0.1) is 17.8 Å². The molecule has 5 nitrogen and oxygen atoms in total. The van der Waals surface area contributed by atoms with Crippen LogP contribution in [-0.2, 0) is 14.8 Å². The summed E-state index contributed by atoms with van der Waals surface area (Å²) < 4.78 is 27.2. The molecule has 1 aromatic rings. The Morgan fingerprint density at radius 1 is 1.25 bits per heavy atom. The highest BCUT2D eigenvalue weighted by Crippen LogP contribution is 2.44. The Balaban J connectivity index is 1.40. The summed E-state index contributed by atoms with van der Waals surface area (Å²) in [4.78, 5) is 12.7. The predicted molar refractivity (Wildman–Crippen MR) is 93.2 cm³/mol. The van der Waals surface area contributed by atoms with Gasteiger partial charge in [-0.2, -0.15) is 4.31 Å². The largest absolute Gasteiger partial charge is 0.353 e. The minimum Gasteiger partial charge on any atom is -0.353 e. The van der Waals surface area contributed by atoms with Crippen LogP contribution < -0.4 is 5.32 Å². The number of amides is 1. The Labute approximate surface area is 147 Å². The molecule has 0 radical (unpaired) electrons. The molecule has 1 saturated heterocycles. The van der Waals surface area contributed by atoms with E-state index in [1.165, 1.54) is 34.9 Å². The number of hydrogen-bond acceptors (Lipinski definition) is 4. The maximum atomic E-state index is 12.7. The molecule has 2 bridgehead atoms. The van der Waals surface area contributed by atoms with Gasteiger partial charge in [0.15, 0.2) is 0 Å². The number of nitrogens with one attached hydrogen (secondary N) is 1. The fourth-order valence-corrected chi connectivity index (χ4v) is 7.30. The van der Waals surface area contributed by atoms with E-state index in [9.17, 15) is 13.2 Å². The van der Waals surface area contributed by atoms with Crippen molar-refractivity contribution in [1.29, 1.82) is 0 Å². The SMILES string of the molecule is O=C(N[C@@H]1C[C@H]2CC[C@@H]1C2)[C@@H]1CCCN(S(=O)(=O)c2cccs2)C1. The predicted octanol–water partition coefficient (Wildman–Crippen LogP) is 2.45. The molecule has 2 heterocycles. The number of carbonyl (C=O) groups excluding carboxylic acids is 1. The first kappa shape index (κ1) is 16.5. The number of thiophene rings is 1. The van der Waals surface area contributed by atoms with Crippen molar-refractivity contribution < 1.29 is 13.2 Å². The van der Waals surface area contributed by atoms with Crippen molar-refractivity contribution in [3.63, 3.8) is 0 Å². The zero-order valence-corrected chi connectivity index (χ0v) is 15.3. The van der Waals surface area contributed by atoms with Gasteiger partial charge in [-0.25, -0.2) is 8.42 Å². The molecular weight excluding hydrogens is 344 g/mol. The second-order valence-electron chi connectivity index (χ2n) is 7.42. The average Bonchev–Trinajstić information content (AvgIpc) is 3.32. The molecule has 0 unspecified atom stereocenters. The fourth-order valence-electron chi connectivity index (χ4n) is 4.63. The molecule has 1 aliphatic heterocycles. The maximum absolute atomic E-state index is 12.7. The molecular formula is C17H24N2O3S2. The summed E-state index contributed by atoms with van der Waals surface area (Å²) in [6.45, 7) is 0.824. The minimum absolute atomic E-state index is 0.0543. The van der Waals surface area contributed by atoms with E-state index in [4.69, 9.17) is 0 Å². The Hall–Kier alpha value is -0.920. The van der Waals surface area contributed by atoms with Gasteiger partial charge in [0.2, 0.25) is 5.91 Å². The Bertz CT molecular complexity index is 701. The first-order valence-electron chi connectivity index (χ1n) is 8.88. The van der Waals surface area contributed by atoms with Crippen molar-refractivity contribution in [1.82, 2.24) is 9.62 Å². The molecule has 1 aromatic heterocycles. The van der Waals surface area contributed by atoms with Crippen LogP contribution in [0.1, 0.15) is 38.5 Å². The smallest absolute Gasteiger partial charge is 0.252 e. The summed E-state index contributed by atoms with van der Waals surface area (Å²) in [5.41, 5.74) is 0. The monoisotopic (exact) mass is 368 g/mol. The van der Waals surface area contributed by atoms with Crippen molar-refractivity contribution >= 4 is 27.3 Å². The third kappa shape index (κ3) is 3.02. The van der Waals surface area contributed by atoms with Crippen molar-refractivity contribution in [2.24, 2.45) is 17.8 Å². The summed E-state index contributed by atoms with van der Waals surface area (Å²) in [6, 6.07) is 3.71. The lowest BCUT2D eigenvalue weighted by Gasteiger charge is -2.32. The van der Waals surface area contributed by atoms with Gasteiger partial charge in [0.25, 0.3) is 10.0 Å². The van der Waals surface area contributed by atoms with Crippen LogP contribution >= 0.6 is 11.3 Å². The highest BCUT2D eigenvalue weighted by atomic mass is 32.2. The van der Waals surface area contributed by atoms with Gasteiger partial charge in [-0.15, -0.1) is 11.3 Å². The van der Waals surface area contributed by atoms with E-state index in [1.54, 1.807) is 17.5 Å². The van der Waals surface area contributed by atoms with Gasteiger partial charge < -0.3 is 5.32 Å². The fraction of sp³-hybridized carbons (Fsp3) is 0.706. The zero-order valence-electron chi connectivity index (χ0n) is 13.7. The van der Waals surface area contributed by atoms with Gasteiger partial charge in [-0.3, -0.25) is 4.79 Å². The molecule has 24 heavy (non-hydrogen) atoms. The Kier molecular flexibility index (Phi) is 4.43. The van der Waals surface area contributed by atoms with Gasteiger partial charge in [-0.1, -0.05) is 12.5 Å². The second kappa shape index (κ2) is 6.42. The van der Waals surface area contributed by atoms with Crippen LogP contribution in [0.3, 0.4) is 0 Å². The zero-order chi connectivity index (χ0) is 16.7. The molecule has 4 atom stereocenters. The van der Waals surface area contributed by atoms with E-state index in [-0.39, 0.29) is 11.8 Å². The van der Waals surface area contributed by atoms with E-state index in [0.717, 1.165) is 25.2 Å². The number of fused-ring (bicyclic) bond motifs is 2. The number of sulfonamides is 1. The lowest BCUT2D eigenvalue weighted by Crippen LogP contribution is -2.48. The third-order valence-corrected chi connectivity index (χ3v) is 9.15. The molecule has 7 heteroatoms. The van der Waals surface area contributed by atoms with Gasteiger partial charge in [0.1, 0.15) is 4.21 Å². The molecule has 3 aliphatic rings. The van der Waals surface area contributed by atoms with Gasteiger partial charge in [-0.05, 0) is 55.4 Å². The number of hydrogen-bond donors (Lipinski definition) is 1. The number of carbonyl (C=O) groups is 1. The van der Waals surface area contributed by atoms with Gasteiger partial charge in [0.05, 0.1) is 5.92 Å². The topological polar surface area (TPSA) is 66.5 Å². The standard InChI is InChI=1S/C17H24N2O3S2/c20-17(18-15-10-12-5-6-13(15)9-12)14-3-1-7-19(11-14)24(21,22)16-4-2-8-23-16/h2,4,8,12-15H,1,3,5-7,9-11H2,(H,18,20)/t12-,13+,14+,15+/m0/s1. The lowest BCUT2D eigenvalue weighted by atomic mass is 9.93. The average molecular weight is 369 g/mol. The molecule has 0 aromatic carbocycles. The highest BCUT2D eigenvalue weighted by molar-refractivity contribution is 7.91. The second-order valence-corrected chi connectivity index (χ2v) is 10.5. The van der Waals surface area contributed by atoms with Crippen LogP contribution in [-0.4, -0.2) is 37.8 Å². The van der Waals surface area contributed by atoms with Crippen molar-refractivity contribution in [3.05, 3.63) is 17.5 Å². The highest BCUT2D eigenvalue weighted by Gasteiger charge is 2.41. The molecule has 132 valence electrons. The number of piperidine rings is 1. The summed E-state index contributed by atoms with van der Waals surface area (Å²) in [5.74, 6) is 1.28. The minimum atomic E-state index is -3.45. The molecule has 0 spiro atoms. The van der Waals surface area contributed by atoms with Crippen molar-refractivity contribution in [2.75, 3.05) is 13.1 Å². The summed E-state index contributed by atoms with van der Waals surface area (Å²) in [5, 5.41) is 5.00. The normalized spacial score (nSPS) is 33.7. The molecule has 3 fully saturated rings. The maximum Gasteiger partial charge on any atom is 0.252 e. The first-order valence-corrected chi connectivity index (χ1v) is 11.2. The first-order chi connectivity index (χ1) is 11.5. The van der Waals surface area contributed by atoms with Crippen molar-refractivity contribution in [3.8, 4) is 0 Å². The van der Waals surface area contributed by atoms with E-state index < -0.39 is 10.0 Å². The van der Waals surface area contributed by atoms with E-state index in [2.05, 4.69) is 5.32 Å². The summed E-state index contributed by atoms with van der Waals surface area (Å²) in [7, 11) is -3.45. The van der Waals surface area contributed by atoms with Crippen LogP contribution in [0.4, 0.5) is 0 Å². The van der Waals surface area contributed by atoms with Crippen LogP contribution in [0.25, 0.3) is 0 Å². The Morgan fingerprint density at radius 2 is 2.12 bits per heavy atom. The van der Waals surface area contributed by atoms with E-state index in [0.29, 0.717) is 29.3 Å². The molecule has 1 N–H and O–H groups in total. The quantitative estimate of drug-likeness (QED) is 0.888.